The normalized spacial score (nSPS) is 13.5. The Bertz CT molecular complexity index is 1370. The van der Waals surface area contributed by atoms with Crippen molar-refractivity contribution in [2.75, 3.05) is 47.5 Å². The first-order chi connectivity index (χ1) is 32.6. The summed E-state index contributed by atoms with van der Waals surface area (Å²) in [4.78, 5) is 37.2. The topological polar surface area (TPSA) is 111 Å². The number of carbonyl (C=O) groups is 3. The lowest BCUT2D eigenvalue weighted by Gasteiger charge is -2.26. The smallest absolute Gasteiger partial charge is 0.306 e. The van der Waals surface area contributed by atoms with Crippen molar-refractivity contribution < 1.29 is 42.9 Å². The average molecular weight is 938 g/mol. The van der Waals surface area contributed by atoms with Gasteiger partial charge >= 0.3 is 11.9 Å². The first-order valence-corrected chi connectivity index (χ1v) is 26.7. The molecule has 0 N–H and O–H groups in total. The van der Waals surface area contributed by atoms with Crippen LogP contribution in [0.15, 0.2) is 85.1 Å². The van der Waals surface area contributed by atoms with Crippen molar-refractivity contribution in [2.24, 2.45) is 0 Å². The number of unbranched alkanes of at least 4 members (excludes halogenated alkanes) is 19. The molecular weight excluding hydrogens is 839 g/mol. The molecule has 0 heterocycles. The highest BCUT2D eigenvalue weighted by Gasteiger charge is 2.21. The summed E-state index contributed by atoms with van der Waals surface area (Å²) in [5.74, 6) is -2.35. The van der Waals surface area contributed by atoms with Crippen molar-refractivity contribution in [1.29, 1.82) is 0 Å². The molecule has 67 heavy (non-hydrogen) atoms. The maximum Gasteiger partial charge on any atom is 0.306 e. The number of nitrogens with zero attached hydrogens (tertiary/aromatic N) is 1. The molecule has 0 aliphatic heterocycles. The van der Waals surface area contributed by atoms with Crippen LogP contribution in [-0.4, -0.2) is 82.3 Å². The molecule has 0 aromatic rings. The van der Waals surface area contributed by atoms with Gasteiger partial charge in [-0.15, -0.1) is 0 Å². The molecule has 0 bridgehead atoms. The van der Waals surface area contributed by atoms with E-state index in [4.69, 9.17) is 18.9 Å². The minimum atomic E-state index is -1.64. The van der Waals surface area contributed by atoms with Crippen molar-refractivity contribution >= 4 is 17.9 Å². The second-order valence-electron chi connectivity index (χ2n) is 18.8. The van der Waals surface area contributed by atoms with E-state index in [-0.39, 0.29) is 38.6 Å². The summed E-state index contributed by atoms with van der Waals surface area (Å²) in [6, 6.07) is 0. The monoisotopic (exact) mass is 938 g/mol. The predicted molar refractivity (Wildman–Crippen MR) is 278 cm³/mol. The molecule has 0 radical (unpaired) electrons. The first kappa shape index (κ1) is 63.5. The maximum absolute atomic E-state index is 12.8. The van der Waals surface area contributed by atoms with E-state index in [1.807, 2.05) is 21.1 Å². The molecule has 0 rings (SSSR count). The lowest BCUT2D eigenvalue weighted by molar-refractivity contribution is -0.870. The van der Waals surface area contributed by atoms with Gasteiger partial charge in [-0.25, -0.2) is 0 Å². The van der Waals surface area contributed by atoms with Crippen LogP contribution in [0.4, 0.5) is 0 Å². The van der Waals surface area contributed by atoms with Crippen LogP contribution in [0, 0.1) is 0 Å². The Hall–Kier alpha value is -3.53. The van der Waals surface area contributed by atoms with Gasteiger partial charge in [0.15, 0.2) is 12.4 Å². The summed E-state index contributed by atoms with van der Waals surface area (Å²) >= 11 is 0. The molecular formula is C58H99NO8. The van der Waals surface area contributed by atoms with Gasteiger partial charge in [0, 0.05) is 12.8 Å². The summed E-state index contributed by atoms with van der Waals surface area (Å²) in [6.45, 7) is 4.57. The Balaban J connectivity index is 4.41. The molecule has 384 valence electrons. The van der Waals surface area contributed by atoms with E-state index in [1.54, 1.807) is 0 Å². The van der Waals surface area contributed by atoms with Gasteiger partial charge in [-0.1, -0.05) is 189 Å². The molecule has 0 saturated heterocycles. The van der Waals surface area contributed by atoms with Crippen LogP contribution in [0.1, 0.15) is 206 Å². The Morgan fingerprint density at radius 3 is 1.31 bits per heavy atom. The second-order valence-corrected chi connectivity index (χ2v) is 18.8. The Kier molecular flexibility index (Phi) is 46.3. The van der Waals surface area contributed by atoms with E-state index in [2.05, 4.69) is 98.9 Å². The third-order valence-corrected chi connectivity index (χ3v) is 11.1. The van der Waals surface area contributed by atoms with Crippen molar-refractivity contribution in [1.82, 2.24) is 0 Å². The van der Waals surface area contributed by atoms with E-state index in [1.165, 1.54) is 103 Å². The SMILES string of the molecule is CC/C=C\C/C=C\C/C=C\C/C=C\C/C=C\C/C=C\CCCCC(=O)OC(COC(=O)CCCCCCCCCCC/C=C\CCCCCCCCCC)COC(OCC[N+](C)(C)C)C(=O)[O-]. The zero-order chi connectivity index (χ0) is 49.2. The number of hydrogen-bond donors (Lipinski definition) is 0. The van der Waals surface area contributed by atoms with Crippen molar-refractivity contribution in [3.63, 3.8) is 0 Å². The lowest BCUT2D eigenvalue weighted by atomic mass is 10.1. The number of ether oxygens (including phenoxy) is 4. The standard InChI is InChI=1S/C58H99NO8/c1-6-8-10-12-14-16-18-20-22-24-26-28-30-32-34-36-38-40-42-44-46-48-55(60)65-52-54(53-66-58(57(62)63)64-51-50-59(3,4)5)67-56(61)49-47-45-43-41-39-37-35-33-31-29-27-25-23-21-19-17-15-13-11-9-7-2/h9,11,15,17,21,23-24,26-27,29,33,35,39,41,54,58H,6-8,10,12-14,16,18-20,22,25,28,30-32,34,36-38,40,42-53H2,1-5H3/b11-9-,17-15-,23-21-,26-24-,29-27-,35-33-,41-39-. The molecule has 0 spiro atoms. The fourth-order valence-corrected chi connectivity index (χ4v) is 7.00. The molecule has 0 fully saturated rings. The molecule has 0 saturated carbocycles. The van der Waals surface area contributed by atoms with Gasteiger partial charge in [0.2, 0.25) is 0 Å². The molecule has 0 aromatic carbocycles. The second kappa shape index (κ2) is 48.9. The number of esters is 2. The van der Waals surface area contributed by atoms with Crippen molar-refractivity contribution in [3.05, 3.63) is 85.1 Å². The van der Waals surface area contributed by atoms with E-state index in [0.29, 0.717) is 17.4 Å². The minimum Gasteiger partial charge on any atom is -0.545 e. The van der Waals surface area contributed by atoms with Gasteiger partial charge in [0.05, 0.1) is 40.3 Å². The maximum atomic E-state index is 12.8. The third kappa shape index (κ3) is 50.2. The molecule has 0 aliphatic rings. The number of hydrogen-bond acceptors (Lipinski definition) is 8. The molecule has 9 nitrogen and oxygen atoms in total. The summed E-state index contributed by atoms with van der Waals surface area (Å²) in [6.07, 6.45) is 60.5. The first-order valence-electron chi connectivity index (χ1n) is 26.7. The van der Waals surface area contributed by atoms with Gasteiger partial charge in [-0.2, -0.15) is 0 Å². The van der Waals surface area contributed by atoms with Crippen LogP contribution in [0.2, 0.25) is 0 Å². The van der Waals surface area contributed by atoms with E-state index in [9.17, 15) is 19.5 Å². The molecule has 2 unspecified atom stereocenters. The summed E-state index contributed by atoms with van der Waals surface area (Å²) in [7, 11) is 5.89. The van der Waals surface area contributed by atoms with Crippen LogP contribution in [0.3, 0.4) is 0 Å². The van der Waals surface area contributed by atoms with E-state index < -0.39 is 24.3 Å². The minimum absolute atomic E-state index is 0.135. The molecule has 0 aliphatic carbocycles. The van der Waals surface area contributed by atoms with Crippen LogP contribution >= 0.6 is 0 Å². The third-order valence-electron chi connectivity index (χ3n) is 11.1. The number of likely N-dealkylation sites (N-methyl/N-ethyl adjacent to an activating group) is 1. The molecule has 0 aromatic heterocycles. The van der Waals surface area contributed by atoms with Gasteiger partial charge in [0.25, 0.3) is 0 Å². The number of aliphatic carboxylic acids is 1. The fourth-order valence-electron chi connectivity index (χ4n) is 7.00. The molecule has 0 amide bonds. The largest absolute Gasteiger partial charge is 0.545 e. The number of carbonyl (C=O) groups excluding carboxylic acids is 3. The predicted octanol–water partition coefficient (Wildman–Crippen LogP) is 13.9. The van der Waals surface area contributed by atoms with Crippen LogP contribution in [0.25, 0.3) is 0 Å². The molecule has 2 atom stereocenters. The number of carboxylic acids is 1. The van der Waals surface area contributed by atoms with Crippen LogP contribution < -0.4 is 5.11 Å². The molecule has 9 heteroatoms. The number of quaternary nitrogens is 1. The highest BCUT2D eigenvalue weighted by Crippen LogP contribution is 2.14. The van der Waals surface area contributed by atoms with Crippen LogP contribution in [-0.2, 0) is 33.3 Å². The fraction of sp³-hybridized carbons (Fsp3) is 0.707. The number of carboxylic acid groups (broad SMARTS) is 1. The van der Waals surface area contributed by atoms with E-state index in [0.717, 1.165) is 70.6 Å². The zero-order valence-electron chi connectivity index (χ0n) is 43.5. The Morgan fingerprint density at radius 2 is 0.851 bits per heavy atom. The zero-order valence-corrected chi connectivity index (χ0v) is 43.5. The number of allylic oxidation sites excluding steroid dienone is 14. The quantitative estimate of drug-likeness (QED) is 0.0195. The number of rotatable bonds is 48. The average Bonchev–Trinajstić information content (AvgIpc) is 3.29. The van der Waals surface area contributed by atoms with Crippen molar-refractivity contribution in [3.8, 4) is 0 Å². The Morgan fingerprint density at radius 1 is 0.463 bits per heavy atom. The van der Waals surface area contributed by atoms with Gasteiger partial charge in [-0.3, -0.25) is 9.59 Å². The van der Waals surface area contributed by atoms with E-state index >= 15 is 0 Å². The Labute approximate surface area is 410 Å². The summed E-state index contributed by atoms with van der Waals surface area (Å²) < 4.78 is 22.6. The van der Waals surface area contributed by atoms with Gasteiger partial charge in [0.1, 0.15) is 13.2 Å². The lowest BCUT2D eigenvalue weighted by Crippen LogP contribution is -2.44. The highest BCUT2D eigenvalue weighted by molar-refractivity contribution is 5.70. The van der Waals surface area contributed by atoms with Crippen molar-refractivity contribution in [2.45, 2.75) is 219 Å². The highest BCUT2D eigenvalue weighted by atomic mass is 16.7. The van der Waals surface area contributed by atoms with Gasteiger partial charge < -0.3 is 33.3 Å². The van der Waals surface area contributed by atoms with Gasteiger partial charge in [-0.05, 0) is 89.9 Å². The summed E-state index contributed by atoms with van der Waals surface area (Å²) in [5, 5.41) is 11.7. The summed E-state index contributed by atoms with van der Waals surface area (Å²) in [5.41, 5.74) is 0. The van der Waals surface area contributed by atoms with Crippen LogP contribution in [0.5, 0.6) is 0 Å².